The van der Waals surface area contributed by atoms with Crippen molar-refractivity contribution in [3.63, 3.8) is 0 Å². The van der Waals surface area contributed by atoms with Crippen molar-refractivity contribution in [1.82, 2.24) is 0 Å². The van der Waals surface area contributed by atoms with E-state index < -0.39 is 12.0 Å². The Morgan fingerprint density at radius 2 is 2.00 bits per heavy atom. The van der Waals surface area contributed by atoms with Crippen molar-refractivity contribution < 1.29 is 14.6 Å². The van der Waals surface area contributed by atoms with Crippen LogP contribution in [0.5, 0.6) is 5.75 Å². The Kier molecular flexibility index (Phi) is 4.83. The zero-order valence-corrected chi connectivity index (χ0v) is 12.3. The van der Waals surface area contributed by atoms with Crippen LogP contribution in [0.25, 0.3) is 0 Å². The maximum absolute atomic E-state index is 11.2. The van der Waals surface area contributed by atoms with Crippen molar-refractivity contribution in [3.05, 3.63) is 64.2 Å². The van der Waals surface area contributed by atoms with E-state index in [0.29, 0.717) is 16.1 Å². The maximum Gasteiger partial charge on any atom is 0.250 e. The van der Waals surface area contributed by atoms with Gasteiger partial charge in [0.05, 0.1) is 0 Å². The van der Waals surface area contributed by atoms with E-state index in [1.54, 1.807) is 18.2 Å². The molecule has 21 heavy (non-hydrogen) atoms. The minimum atomic E-state index is -1.40. The number of rotatable bonds is 5. The quantitative estimate of drug-likeness (QED) is 0.892. The van der Waals surface area contributed by atoms with Gasteiger partial charge in [0.1, 0.15) is 12.4 Å². The molecular formula is C16H16ClNO3. The van der Waals surface area contributed by atoms with E-state index in [9.17, 15) is 9.90 Å². The van der Waals surface area contributed by atoms with E-state index in [1.807, 2.05) is 31.2 Å². The smallest absolute Gasteiger partial charge is 0.250 e. The van der Waals surface area contributed by atoms with Crippen molar-refractivity contribution in [3.8, 4) is 5.75 Å². The molecule has 1 atom stereocenters. The first-order valence-electron chi connectivity index (χ1n) is 6.44. The van der Waals surface area contributed by atoms with Crippen LogP contribution in [0.15, 0.2) is 42.5 Å². The molecule has 0 radical (unpaired) electrons. The lowest BCUT2D eigenvalue weighted by atomic mass is 10.0. The summed E-state index contributed by atoms with van der Waals surface area (Å²) in [4.78, 5) is 11.2. The van der Waals surface area contributed by atoms with Crippen LogP contribution in [-0.2, 0) is 11.4 Å². The Bertz CT molecular complexity index is 658. The monoisotopic (exact) mass is 305 g/mol. The van der Waals surface area contributed by atoms with Gasteiger partial charge in [-0.1, -0.05) is 41.9 Å². The molecule has 0 spiro atoms. The van der Waals surface area contributed by atoms with Gasteiger partial charge in [-0.05, 0) is 30.2 Å². The minimum absolute atomic E-state index is 0.143. The molecule has 0 saturated carbocycles. The Morgan fingerprint density at radius 1 is 1.29 bits per heavy atom. The number of halogens is 1. The molecule has 5 heteroatoms. The number of carbonyl (C=O) groups excluding carboxylic acids is 1. The molecule has 0 saturated heterocycles. The largest absolute Gasteiger partial charge is 0.489 e. The van der Waals surface area contributed by atoms with Crippen LogP contribution in [0.3, 0.4) is 0 Å². The first kappa shape index (κ1) is 15.4. The summed E-state index contributed by atoms with van der Waals surface area (Å²) in [5, 5.41) is 10.3. The average Bonchev–Trinajstić information content (AvgIpc) is 2.46. The first-order valence-corrected chi connectivity index (χ1v) is 6.81. The fourth-order valence-electron chi connectivity index (χ4n) is 2.01. The number of aliphatic hydroxyl groups is 1. The van der Waals surface area contributed by atoms with Crippen molar-refractivity contribution in [2.45, 2.75) is 19.6 Å². The van der Waals surface area contributed by atoms with E-state index in [1.165, 1.54) is 0 Å². The molecular weight excluding hydrogens is 290 g/mol. The van der Waals surface area contributed by atoms with Gasteiger partial charge in [0, 0.05) is 10.6 Å². The molecule has 1 unspecified atom stereocenters. The summed E-state index contributed by atoms with van der Waals surface area (Å²) in [6.07, 6.45) is -1.40. The van der Waals surface area contributed by atoms with Crippen LogP contribution in [0.4, 0.5) is 0 Å². The summed E-state index contributed by atoms with van der Waals surface area (Å²) in [5.74, 6) is -0.105. The molecule has 110 valence electrons. The Morgan fingerprint density at radius 3 is 2.67 bits per heavy atom. The fraction of sp³-hybridized carbons (Fsp3) is 0.188. The normalized spacial score (nSPS) is 12.0. The third-order valence-electron chi connectivity index (χ3n) is 3.18. The summed E-state index contributed by atoms with van der Waals surface area (Å²) in [7, 11) is 0. The molecule has 0 fully saturated rings. The van der Waals surface area contributed by atoms with Gasteiger partial charge >= 0.3 is 0 Å². The summed E-state index contributed by atoms with van der Waals surface area (Å²) in [5.41, 5.74) is 7.05. The van der Waals surface area contributed by atoms with Gasteiger partial charge in [-0.25, -0.2) is 0 Å². The van der Waals surface area contributed by atoms with Gasteiger partial charge in [0.25, 0.3) is 5.91 Å². The number of para-hydroxylation sites is 1. The highest BCUT2D eigenvalue weighted by atomic mass is 35.5. The molecule has 2 aromatic carbocycles. The maximum atomic E-state index is 11.2. The van der Waals surface area contributed by atoms with Gasteiger partial charge in [-0.15, -0.1) is 0 Å². The SMILES string of the molecule is Cc1ccccc1OCc1c(Cl)cccc1C(O)C(N)=O. The lowest BCUT2D eigenvalue weighted by Gasteiger charge is -2.16. The highest BCUT2D eigenvalue weighted by Crippen LogP contribution is 2.27. The first-order chi connectivity index (χ1) is 10.0. The highest BCUT2D eigenvalue weighted by molar-refractivity contribution is 6.31. The number of amides is 1. The van der Waals surface area contributed by atoms with Crippen molar-refractivity contribution in [1.29, 1.82) is 0 Å². The minimum Gasteiger partial charge on any atom is -0.489 e. The number of hydrogen-bond donors (Lipinski definition) is 2. The average molecular weight is 306 g/mol. The fourth-order valence-corrected chi connectivity index (χ4v) is 2.24. The van der Waals surface area contributed by atoms with Gasteiger partial charge in [0.2, 0.25) is 0 Å². The van der Waals surface area contributed by atoms with Crippen LogP contribution in [0, 0.1) is 6.92 Å². The van der Waals surface area contributed by atoms with E-state index in [2.05, 4.69) is 0 Å². The second-order valence-electron chi connectivity index (χ2n) is 4.67. The zero-order chi connectivity index (χ0) is 15.4. The summed E-state index contributed by atoms with van der Waals surface area (Å²) >= 11 is 6.14. The molecule has 0 heterocycles. The molecule has 2 aromatic rings. The number of primary amides is 1. The number of aryl methyl sites for hydroxylation is 1. The van der Waals surface area contributed by atoms with Crippen LogP contribution < -0.4 is 10.5 Å². The predicted molar refractivity (Wildman–Crippen MR) is 81.1 cm³/mol. The molecule has 0 aliphatic rings. The summed E-state index contributed by atoms with van der Waals surface area (Å²) in [6, 6.07) is 12.5. The Hall–Kier alpha value is -2.04. The van der Waals surface area contributed by atoms with Crippen LogP contribution in [0.1, 0.15) is 22.8 Å². The molecule has 2 rings (SSSR count). The molecule has 1 amide bonds. The lowest BCUT2D eigenvalue weighted by Crippen LogP contribution is -2.22. The predicted octanol–water partition coefficient (Wildman–Crippen LogP) is 2.75. The number of ether oxygens (including phenoxy) is 1. The molecule has 4 nitrogen and oxygen atoms in total. The lowest BCUT2D eigenvalue weighted by molar-refractivity contribution is -0.126. The molecule has 3 N–H and O–H groups in total. The number of aliphatic hydroxyl groups excluding tert-OH is 1. The zero-order valence-electron chi connectivity index (χ0n) is 11.5. The summed E-state index contributed by atoms with van der Waals surface area (Å²) < 4.78 is 5.73. The highest BCUT2D eigenvalue weighted by Gasteiger charge is 2.19. The number of carbonyl (C=O) groups is 1. The van der Waals surface area contributed by atoms with Crippen LogP contribution in [-0.4, -0.2) is 11.0 Å². The third-order valence-corrected chi connectivity index (χ3v) is 3.54. The van der Waals surface area contributed by atoms with Crippen LogP contribution in [0.2, 0.25) is 5.02 Å². The molecule has 0 aliphatic carbocycles. The number of benzene rings is 2. The number of nitrogens with two attached hydrogens (primary N) is 1. The van der Waals surface area contributed by atoms with E-state index in [0.717, 1.165) is 11.3 Å². The van der Waals surface area contributed by atoms with Crippen molar-refractivity contribution in [2.75, 3.05) is 0 Å². The second-order valence-corrected chi connectivity index (χ2v) is 5.07. The van der Waals surface area contributed by atoms with Crippen LogP contribution >= 0.6 is 11.6 Å². The molecule has 0 aromatic heterocycles. The van der Waals surface area contributed by atoms with Crippen molar-refractivity contribution in [2.24, 2.45) is 5.73 Å². The van der Waals surface area contributed by atoms with Crippen molar-refractivity contribution >= 4 is 17.5 Å². The van der Waals surface area contributed by atoms with Gasteiger partial charge in [-0.2, -0.15) is 0 Å². The topological polar surface area (TPSA) is 72.6 Å². The second kappa shape index (κ2) is 6.61. The van der Waals surface area contributed by atoms with E-state index >= 15 is 0 Å². The molecule has 0 aliphatic heterocycles. The third kappa shape index (κ3) is 3.54. The molecule has 0 bridgehead atoms. The number of hydrogen-bond acceptors (Lipinski definition) is 3. The standard InChI is InChI=1S/C16H16ClNO3/c1-10-5-2-3-8-14(10)21-9-12-11(15(19)16(18)20)6-4-7-13(12)17/h2-8,15,19H,9H2,1H3,(H2,18,20). The Balaban J connectivity index is 2.27. The Labute approximate surface area is 128 Å². The van der Waals surface area contributed by atoms with Gasteiger partial charge in [0.15, 0.2) is 6.10 Å². The van der Waals surface area contributed by atoms with E-state index in [-0.39, 0.29) is 6.61 Å². The summed E-state index contributed by atoms with van der Waals surface area (Å²) in [6.45, 7) is 2.07. The van der Waals surface area contributed by atoms with Gasteiger partial charge < -0.3 is 15.6 Å². The van der Waals surface area contributed by atoms with Gasteiger partial charge in [-0.3, -0.25) is 4.79 Å². The van der Waals surface area contributed by atoms with E-state index in [4.69, 9.17) is 22.1 Å².